The molecule has 0 saturated heterocycles. The number of hydrogen-bond donors (Lipinski definition) is 1. The molecule has 0 spiro atoms. The molecule has 0 fully saturated rings. The fraction of sp³-hybridized carbons (Fsp3) is 0.0667. The Morgan fingerprint density at radius 2 is 2.17 bits per heavy atom. The van der Waals surface area contributed by atoms with E-state index in [0.29, 0.717) is 16.6 Å². The molecule has 2 aromatic heterocycles. The van der Waals surface area contributed by atoms with E-state index in [1.807, 2.05) is 13.0 Å². The molecular formula is C15H10ClN3O4S. The molecule has 0 saturated carbocycles. The van der Waals surface area contributed by atoms with E-state index in [0.717, 1.165) is 11.8 Å². The summed E-state index contributed by atoms with van der Waals surface area (Å²) in [6.45, 7) is 1.83. The number of nitro benzene ring substituents is 1. The van der Waals surface area contributed by atoms with E-state index < -0.39 is 10.8 Å². The normalized spacial score (nSPS) is 10.6. The highest BCUT2D eigenvalue weighted by Gasteiger charge is 2.17. The third kappa shape index (κ3) is 3.29. The number of halogens is 1. The van der Waals surface area contributed by atoms with Gasteiger partial charge in [0.05, 0.1) is 4.92 Å². The molecule has 1 amide bonds. The van der Waals surface area contributed by atoms with Gasteiger partial charge in [-0.2, -0.15) is 0 Å². The van der Waals surface area contributed by atoms with Crippen LogP contribution >= 0.6 is 22.9 Å². The maximum absolute atomic E-state index is 12.2. The number of thiazole rings is 1. The molecule has 0 aliphatic heterocycles. The molecule has 0 atom stereocenters. The molecule has 0 aliphatic carbocycles. The van der Waals surface area contributed by atoms with Gasteiger partial charge in [0, 0.05) is 17.0 Å². The Bertz CT molecular complexity index is 934. The van der Waals surface area contributed by atoms with Crippen LogP contribution in [0.4, 0.5) is 10.8 Å². The number of carbonyl (C=O) groups is 1. The third-order valence-corrected chi connectivity index (χ3v) is 4.20. The zero-order valence-corrected chi connectivity index (χ0v) is 13.9. The Morgan fingerprint density at radius 3 is 2.83 bits per heavy atom. The molecule has 0 unspecified atom stereocenters. The van der Waals surface area contributed by atoms with Gasteiger partial charge in [0.2, 0.25) is 0 Å². The van der Waals surface area contributed by atoms with Crippen LogP contribution in [0.25, 0.3) is 11.5 Å². The lowest BCUT2D eigenvalue weighted by Crippen LogP contribution is -2.12. The van der Waals surface area contributed by atoms with Crippen molar-refractivity contribution in [3.8, 4) is 11.5 Å². The number of hydrogen-bond acceptors (Lipinski definition) is 6. The maximum Gasteiger partial charge on any atom is 0.288 e. The smallest absolute Gasteiger partial charge is 0.288 e. The molecule has 0 bridgehead atoms. The average molecular weight is 364 g/mol. The van der Waals surface area contributed by atoms with Crippen molar-refractivity contribution in [2.24, 2.45) is 0 Å². The molecule has 24 heavy (non-hydrogen) atoms. The molecular weight excluding hydrogens is 354 g/mol. The number of aromatic nitrogens is 1. The van der Waals surface area contributed by atoms with E-state index in [1.54, 1.807) is 11.4 Å². The summed E-state index contributed by atoms with van der Waals surface area (Å²) in [6, 6.07) is 7.46. The predicted octanol–water partition coefficient (Wildman–Crippen LogP) is 4.53. The monoisotopic (exact) mass is 363 g/mol. The van der Waals surface area contributed by atoms with Gasteiger partial charge in [-0.25, -0.2) is 4.98 Å². The van der Waals surface area contributed by atoms with Crippen LogP contribution in [0.15, 0.2) is 40.1 Å². The van der Waals surface area contributed by atoms with Crippen molar-refractivity contribution < 1.29 is 14.1 Å². The lowest BCUT2D eigenvalue weighted by atomic mass is 10.2. The van der Waals surface area contributed by atoms with E-state index in [1.165, 1.54) is 23.5 Å². The summed E-state index contributed by atoms with van der Waals surface area (Å²) in [6.07, 6.45) is 0. The van der Waals surface area contributed by atoms with Gasteiger partial charge < -0.3 is 4.42 Å². The largest absolute Gasteiger partial charge is 0.460 e. The minimum absolute atomic E-state index is 0.0266. The van der Waals surface area contributed by atoms with Gasteiger partial charge in [0.25, 0.3) is 11.6 Å². The van der Waals surface area contributed by atoms with Crippen molar-refractivity contribution in [1.82, 2.24) is 4.98 Å². The number of nitrogens with one attached hydrogen (secondary N) is 1. The van der Waals surface area contributed by atoms with Gasteiger partial charge in [-0.15, -0.1) is 11.3 Å². The van der Waals surface area contributed by atoms with Gasteiger partial charge in [0.1, 0.15) is 16.5 Å². The van der Waals surface area contributed by atoms with Crippen LogP contribution in [0, 0.1) is 17.0 Å². The van der Waals surface area contributed by atoms with Crippen LogP contribution in [0.5, 0.6) is 0 Å². The first-order valence-corrected chi connectivity index (χ1v) is 7.97. The molecule has 9 heteroatoms. The van der Waals surface area contributed by atoms with Gasteiger partial charge in [-0.1, -0.05) is 11.6 Å². The van der Waals surface area contributed by atoms with E-state index in [9.17, 15) is 14.9 Å². The zero-order chi connectivity index (χ0) is 17.3. The van der Waals surface area contributed by atoms with Crippen molar-refractivity contribution in [2.75, 3.05) is 5.32 Å². The lowest BCUT2D eigenvalue weighted by molar-refractivity contribution is -0.384. The molecule has 3 aromatic rings. The summed E-state index contributed by atoms with van der Waals surface area (Å²) >= 11 is 6.96. The second kappa shape index (κ2) is 6.42. The van der Waals surface area contributed by atoms with E-state index in [-0.39, 0.29) is 16.3 Å². The van der Waals surface area contributed by atoms with E-state index >= 15 is 0 Å². The average Bonchev–Trinajstić information content (AvgIpc) is 3.16. The Kier molecular flexibility index (Phi) is 4.32. The fourth-order valence-electron chi connectivity index (χ4n) is 1.98. The number of carbonyl (C=O) groups excluding carboxylic acids is 1. The summed E-state index contributed by atoms with van der Waals surface area (Å²) < 4.78 is 5.47. The first kappa shape index (κ1) is 16.2. The highest BCUT2D eigenvalue weighted by molar-refractivity contribution is 7.14. The number of nitrogens with zero attached hydrogens (tertiary/aromatic N) is 2. The third-order valence-electron chi connectivity index (χ3n) is 3.12. The molecule has 0 radical (unpaired) electrons. The second-order valence-electron chi connectivity index (χ2n) is 4.83. The molecule has 3 rings (SSSR count). The maximum atomic E-state index is 12.2. The molecule has 122 valence electrons. The van der Waals surface area contributed by atoms with Crippen LogP contribution in [-0.4, -0.2) is 15.8 Å². The van der Waals surface area contributed by atoms with E-state index in [2.05, 4.69) is 10.3 Å². The van der Waals surface area contributed by atoms with Crippen LogP contribution in [0.1, 0.15) is 16.1 Å². The summed E-state index contributed by atoms with van der Waals surface area (Å²) in [5, 5.41) is 15.6. The first-order chi connectivity index (χ1) is 11.4. The second-order valence-corrected chi connectivity index (χ2v) is 6.09. The Labute approximate surface area is 145 Å². The number of furan rings is 1. The standard InChI is InChI=1S/C15H10ClN3O4S/c1-8-2-5-13(23-8)11-7-24-15(17-11)18-14(20)9-3-4-10(16)12(6-9)19(21)22/h2-7H,1H3,(H,17,18,20). The number of nitro groups is 1. The van der Waals surface area contributed by atoms with Gasteiger partial charge in [0.15, 0.2) is 10.9 Å². The van der Waals surface area contributed by atoms with Crippen LogP contribution < -0.4 is 5.32 Å². The predicted molar refractivity (Wildman–Crippen MR) is 90.6 cm³/mol. The zero-order valence-electron chi connectivity index (χ0n) is 12.3. The van der Waals surface area contributed by atoms with Gasteiger partial charge >= 0.3 is 0 Å². The van der Waals surface area contributed by atoms with Crippen molar-refractivity contribution in [2.45, 2.75) is 6.92 Å². The van der Waals surface area contributed by atoms with Crippen molar-refractivity contribution in [1.29, 1.82) is 0 Å². The number of aryl methyl sites for hydroxylation is 1. The van der Waals surface area contributed by atoms with Gasteiger partial charge in [-0.3, -0.25) is 20.2 Å². The Morgan fingerprint density at radius 1 is 1.38 bits per heavy atom. The number of rotatable bonds is 4. The first-order valence-electron chi connectivity index (χ1n) is 6.71. The molecule has 1 N–H and O–H groups in total. The topological polar surface area (TPSA) is 98.3 Å². The fourth-order valence-corrected chi connectivity index (χ4v) is 2.86. The van der Waals surface area contributed by atoms with Crippen LogP contribution in [-0.2, 0) is 0 Å². The lowest BCUT2D eigenvalue weighted by Gasteiger charge is -2.02. The van der Waals surface area contributed by atoms with Crippen molar-refractivity contribution in [3.63, 3.8) is 0 Å². The molecule has 1 aromatic carbocycles. The highest BCUT2D eigenvalue weighted by atomic mass is 35.5. The van der Waals surface area contributed by atoms with Crippen LogP contribution in [0.3, 0.4) is 0 Å². The quantitative estimate of drug-likeness (QED) is 0.542. The molecule has 7 nitrogen and oxygen atoms in total. The van der Waals surface area contributed by atoms with E-state index in [4.69, 9.17) is 16.0 Å². The van der Waals surface area contributed by atoms with Crippen LogP contribution in [0.2, 0.25) is 5.02 Å². The number of amides is 1. The summed E-state index contributed by atoms with van der Waals surface area (Å²) in [7, 11) is 0. The SMILES string of the molecule is Cc1ccc(-c2csc(NC(=O)c3ccc(Cl)c([N+](=O)[O-])c3)n2)o1. The number of anilines is 1. The van der Waals surface area contributed by atoms with Crippen molar-refractivity contribution >= 4 is 39.7 Å². The van der Waals surface area contributed by atoms with Crippen molar-refractivity contribution in [3.05, 3.63) is 62.2 Å². The Balaban J connectivity index is 1.79. The summed E-state index contributed by atoms with van der Waals surface area (Å²) in [5.41, 5.74) is 0.400. The number of benzene rings is 1. The molecule has 2 heterocycles. The summed E-state index contributed by atoms with van der Waals surface area (Å²) in [5.74, 6) is 0.856. The van der Waals surface area contributed by atoms with Gasteiger partial charge in [-0.05, 0) is 31.2 Å². The summed E-state index contributed by atoms with van der Waals surface area (Å²) in [4.78, 5) is 26.7. The minimum Gasteiger partial charge on any atom is -0.460 e. The molecule has 0 aliphatic rings. The Hall–Kier alpha value is -2.71. The minimum atomic E-state index is -0.639. The highest BCUT2D eigenvalue weighted by Crippen LogP contribution is 2.28.